The summed E-state index contributed by atoms with van der Waals surface area (Å²) in [6.45, 7) is 0.432. The summed E-state index contributed by atoms with van der Waals surface area (Å²) in [5.74, 6) is 0.474. The molecule has 0 aliphatic heterocycles. The fourth-order valence-electron chi connectivity index (χ4n) is 1.76. The lowest BCUT2D eigenvalue weighted by Crippen LogP contribution is -2.26. The lowest BCUT2D eigenvalue weighted by atomic mass is 10.2. The molecule has 0 spiro atoms. The number of aliphatic hydroxyl groups is 1. The molecule has 2 N–H and O–H groups in total. The van der Waals surface area contributed by atoms with E-state index in [9.17, 15) is 5.11 Å². The van der Waals surface area contributed by atoms with Crippen LogP contribution in [0.1, 0.15) is 5.56 Å². The average Bonchev–Trinajstić information content (AvgIpc) is 2.51. The largest absolute Gasteiger partial charge is 0.489 e. The summed E-state index contributed by atoms with van der Waals surface area (Å²) in [4.78, 5) is 0. The molecule has 0 radical (unpaired) electrons. The number of para-hydroxylation sites is 1. The van der Waals surface area contributed by atoms with Crippen LogP contribution in [0.15, 0.2) is 48.5 Å². The molecule has 0 aliphatic carbocycles. The summed E-state index contributed by atoms with van der Waals surface area (Å²) < 4.78 is 5.46. The van der Waals surface area contributed by atoms with E-state index >= 15 is 0 Å². The van der Waals surface area contributed by atoms with Gasteiger partial charge in [0.1, 0.15) is 24.5 Å². The molecule has 0 saturated carbocycles. The van der Waals surface area contributed by atoms with Crippen LogP contribution in [0.5, 0.6) is 5.75 Å². The molecule has 4 nitrogen and oxygen atoms in total. The average molecular weight is 303 g/mol. The van der Waals surface area contributed by atoms with Crippen molar-refractivity contribution in [3.8, 4) is 11.8 Å². The molecule has 108 valence electrons. The molecular weight excluding hydrogens is 288 g/mol. The highest BCUT2D eigenvalue weighted by Crippen LogP contribution is 2.17. The van der Waals surface area contributed by atoms with Crippen molar-refractivity contribution in [1.82, 2.24) is 0 Å². The van der Waals surface area contributed by atoms with Crippen molar-refractivity contribution in [2.45, 2.75) is 6.10 Å². The summed E-state index contributed by atoms with van der Waals surface area (Å²) in [7, 11) is 0. The molecule has 1 unspecified atom stereocenters. The molecule has 2 aromatic rings. The summed E-state index contributed by atoms with van der Waals surface area (Å²) in [5, 5.41) is 22.5. The first kappa shape index (κ1) is 15.2. The Morgan fingerprint density at radius 2 is 2.05 bits per heavy atom. The Labute approximate surface area is 128 Å². The Bertz CT molecular complexity index is 640. The van der Waals surface area contributed by atoms with E-state index in [0.29, 0.717) is 22.9 Å². The van der Waals surface area contributed by atoms with Crippen LogP contribution in [-0.2, 0) is 0 Å². The van der Waals surface area contributed by atoms with E-state index in [0.717, 1.165) is 5.69 Å². The highest BCUT2D eigenvalue weighted by Gasteiger charge is 2.07. The molecule has 1 atom stereocenters. The van der Waals surface area contributed by atoms with Gasteiger partial charge in [-0.2, -0.15) is 5.26 Å². The minimum Gasteiger partial charge on any atom is -0.489 e. The van der Waals surface area contributed by atoms with Crippen LogP contribution in [0.25, 0.3) is 0 Å². The van der Waals surface area contributed by atoms with Crippen molar-refractivity contribution in [3.63, 3.8) is 0 Å². The first-order chi connectivity index (χ1) is 10.2. The number of halogens is 1. The summed E-state index contributed by atoms with van der Waals surface area (Å²) >= 11 is 5.88. The minimum atomic E-state index is -0.698. The predicted molar refractivity (Wildman–Crippen MR) is 82.6 cm³/mol. The van der Waals surface area contributed by atoms with Gasteiger partial charge in [-0.25, -0.2) is 0 Å². The second-order valence-corrected chi connectivity index (χ2v) is 4.90. The van der Waals surface area contributed by atoms with E-state index in [2.05, 4.69) is 5.32 Å². The van der Waals surface area contributed by atoms with Crippen LogP contribution in [0.2, 0.25) is 5.02 Å². The third-order valence-corrected chi connectivity index (χ3v) is 3.04. The zero-order valence-electron chi connectivity index (χ0n) is 11.3. The van der Waals surface area contributed by atoms with E-state index in [1.54, 1.807) is 36.4 Å². The van der Waals surface area contributed by atoms with Gasteiger partial charge < -0.3 is 15.2 Å². The van der Waals surface area contributed by atoms with E-state index in [4.69, 9.17) is 21.6 Å². The van der Waals surface area contributed by atoms with Crippen molar-refractivity contribution < 1.29 is 9.84 Å². The highest BCUT2D eigenvalue weighted by molar-refractivity contribution is 6.30. The Balaban J connectivity index is 1.82. The van der Waals surface area contributed by atoms with E-state index < -0.39 is 6.10 Å². The van der Waals surface area contributed by atoms with Crippen LogP contribution in [-0.4, -0.2) is 24.4 Å². The zero-order valence-corrected chi connectivity index (χ0v) is 12.0. The molecule has 0 saturated heterocycles. The number of rotatable bonds is 6. The number of nitrogens with one attached hydrogen (secondary N) is 1. The number of anilines is 1. The third-order valence-electron chi connectivity index (χ3n) is 2.81. The van der Waals surface area contributed by atoms with Gasteiger partial charge in [-0.1, -0.05) is 29.8 Å². The van der Waals surface area contributed by atoms with Crippen LogP contribution in [0.3, 0.4) is 0 Å². The van der Waals surface area contributed by atoms with Gasteiger partial charge in [0.05, 0.1) is 5.56 Å². The molecular formula is C16H15ClN2O2. The Kier molecular flexibility index (Phi) is 5.44. The number of hydrogen-bond acceptors (Lipinski definition) is 4. The summed E-state index contributed by atoms with van der Waals surface area (Å²) in [5.41, 5.74) is 1.28. The Morgan fingerprint density at radius 1 is 1.24 bits per heavy atom. The second kappa shape index (κ2) is 7.53. The maximum Gasteiger partial charge on any atom is 0.137 e. The van der Waals surface area contributed by atoms with E-state index in [-0.39, 0.29) is 6.61 Å². The first-order valence-electron chi connectivity index (χ1n) is 6.48. The number of aliphatic hydroxyl groups excluding tert-OH is 1. The smallest absolute Gasteiger partial charge is 0.137 e. The van der Waals surface area contributed by atoms with Gasteiger partial charge in [0.15, 0.2) is 0 Å². The van der Waals surface area contributed by atoms with Crippen molar-refractivity contribution in [2.24, 2.45) is 0 Å². The topological polar surface area (TPSA) is 65.3 Å². The quantitative estimate of drug-likeness (QED) is 0.860. The Morgan fingerprint density at radius 3 is 2.81 bits per heavy atom. The Hall–Kier alpha value is -2.22. The number of nitrogens with zero attached hydrogens (tertiary/aromatic N) is 1. The van der Waals surface area contributed by atoms with Crippen LogP contribution >= 0.6 is 11.6 Å². The number of nitriles is 1. The van der Waals surface area contributed by atoms with Crippen LogP contribution < -0.4 is 10.1 Å². The molecule has 0 bridgehead atoms. The van der Waals surface area contributed by atoms with Crippen molar-refractivity contribution in [1.29, 1.82) is 5.26 Å². The normalized spacial score (nSPS) is 11.5. The zero-order chi connectivity index (χ0) is 15.1. The molecule has 0 amide bonds. The van der Waals surface area contributed by atoms with Gasteiger partial charge in [0.25, 0.3) is 0 Å². The number of ether oxygens (including phenoxy) is 1. The fraction of sp³-hybridized carbons (Fsp3) is 0.188. The molecule has 0 aromatic heterocycles. The molecule has 5 heteroatoms. The lowest BCUT2D eigenvalue weighted by Gasteiger charge is -2.14. The fourth-order valence-corrected chi connectivity index (χ4v) is 1.95. The maximum atomic E-state index is 9.90. The number of benzene rings is 2. The highest BCUT2D eigenvalue weighted by atomic mass is 35.5. The summed E-state index contributed by atoms with van der Waals surface area (Å²) in [6.07, 6.45) is -0.698. The molecule has 0 fully saturated rings. The molecule has 0 aliphatic rings. The molecule has 2 rings (SSSR count). The first-order valence-corrected chi connectivity index (χ1v) is 6.86. The predicted octanol–water partition coefficient (Wildman–Crippen LogP) is 3.06. The van der Waals surface area contributed by atoms with Gasteiger partial charge in [-0.05, 0) is 30.3 Å². The maximum absolute atomic E-state index is 9.90. The SMILES string of the molecule is N#Cc1ccccc1OCC(O)CNc1cccc(Cl)c1. The van der Waals surface area contributed by atoms with E-state index in [1.807, 2.05) is 18.2 Å². The van der Waals surface area contributed by atoms with Gasteiger partial charge in [0, 0.05) is 17.3 Å². The van der Waals surface area contributed by atoms with Gasteiger partial charge in [-0.15, -0.1) is 0 Å². The van der Waals surface area contributed by atoms with Gasteiger partial charge in [-0.3, -0.25) is 0 Å². The standard InChI is InChI=1S/C16H15ClN2O2/c17-13-5-3-6-14(8-13)19-10-15(20)11-21-16-7-2-1-4-12(16)9-18/h1-8,15,19-20H,10-11H2. The van der Waals surface area contributed by atoms with Crippen LogP contribution in [0, 0.1) is 11.3 Å². The van der Waals surface area contributed by atoms with Crippen molar-refractivity contribution >= 4 is 17.3 Å². The molecule has 2 aromatic carbocycles. The summed E-state index contributed by atoms with van der Waals surface area (Å²) in [6, 6.07) is 16.2. The lowest BCUT2D eigenvalue weighted by molar-refractivity contribution is 0.117. The van der Waals surface area contributed by atoms with Gasteiger partial charge >= 0.3 is 0 Å². The van der Waals surface area contributed by atoms with Crippen molar-refractivity contribution in [2.75, 3.05) is 18.5 Å². The second-order valence-electron chi connectivity index (χ2n) is 4.46. The molecule has 21 heavy (non-hydrogen) atoms. The monoisotopic (exact) mass is 302 g/mol. The van der Waals surface area contributed by atoms with Gasteiger partial charge in [0.2, 0.25) is 0 Å². The third kappa shape index (κ3) is 4.67. The molecule has 0 heterocycles. The van der Waals surface area contributed by atoms with Crippen molar-refractivity contribution in [3.05, 3.63) is 59.1 Å². The van der Waals surface area contributed by atoms with Crippen LogP contribution in [0.4, 0.5) is 5.69 Å². The van der Waals surface area contributed by atoms with E-state index in [1.165, 1.54) is 0 Å². The minimum absolute atomic E-state index is 0.103. The number of hydrogen-bond donors (Lipinski definition) is 2.